The molecule has 0 saturated carbocycles. The normalized spacial score (nSPS) is 13.0. The van der Waals surface area contributed by atoms with Crippen molar-refractivity contribution in [2.45, 2.75) is 40.0 Å². The molecule has 0 amide bonds. The summed E-state index contributed by atoms with van der Waals surface area (Å²) in [5.74, 6) is 0.387. The third kappa shape index (κ3) is 5.05. The highest BCUT2D eigenvalue weighted by Gasteiger charge is 2.12. The number of carbonyl (C=O) groups excluding carboxylic acids is 2. The van der Waals surface area contributed by atoms with Crippen molar-refractivity contribution in [3.8, 4) is 0 Å². The average Bonchev–Trinajstić information content (AvgIpc) is 1.98. The van der Waals surface area contributed by atoms with Crippen molar-refractivity contribution in [2.24, 2.45) is 11.8 Å². The van der Waals surface area contributed by atoms with E-state index < -0.39 is 0 Å². The van der Waals surface area contributed by atoms with Gasteiger partial charge in [0.2, 0.25) is 6.29 Å². The first kappa shape index (κ1) is 11.3. The van der Waals surface area contributed by atoms with Crippen LogP contribution >= 0.6 is 0 Å². The molecule has 1 atom stereocenters. The summed E-state index contributed by atoms with van der Waals surface area (Å²) < 4.78 is 0. The first-order valence-corrected chi connectivity index (χ1v) is 4.49. The predicted octanol–water partition coefficient (Wildman–Crippen LogP) is 2.13. The first-order chi connectivity index (χ1) is 5.60. The van der Waals surface area contributed by atoms with Crippen molar-refractivity contribution in [2.75, 3.05) is 0 Å². The zero-order chi connectivity index (χ0) is 9.56. The molecule has 0 saturated heterocycles. The molecule has 0 aromatic heterocycles. The molecule has 1 unspecified atom stereocenters. The summed E-state index contributed by atoms with van der Waals surface area (Å²) in [6, 6.07) is 0. The van der Waals surface area contributed by atoms with Crippen molar-refractivity contribution >= 4 is 12.1 Å². The lowest BCUT2D eigenvalue weighted by Crippen LogP contribution is -2.10. The van der Waals surface area contributed by atoms with Gasteiger partial charge in [-0.2, -0.15) is 0 Å². The summed E-state index contributed by atoms with van der Waals surface area (Å²) in [5.41, 5.74) is 0. The number of carbonyl (C=O) groups is 1. The van der Waals surface area contributed by atoms with Crippen LogP contribution in [0.2, 0.25) is 0 Å². The van der Waals surface area contributed by atoms with Gasteiger partial charge in [0.25, 0.3) is 0 Å². The quantitative estimate of drug-likeness (QED) is 0.610. The molecule has 0 bridgehead atoms. The lowest BCUT2D eigenvalue weighted by molar-refractivity contribution is -0.120. The van der Waals surface area contributed by atoms with Crippen LogP contribution in [0.5, 0.6) is 0 Å². The van der Waals surface area contributed by atoms with Gasteiger partial charge in [0.1, 0.15) is 5.78 Å². The zero-order valence-corrected chi connectivity index (χ0v) is 8.09. The molecule has 69 valence electrons. The van der Waals surface area contributed by atoms with Crippen molar-refractivity contribution < 1.29 is 9.59 Å². The maximum Gasteiger partial charge on any atom is 0.202 e. The van der Waals surface area contributed by atoms with Crippen LogP contribution in [0.25, 0.3) is 0 Å². The van der Waals surface area contributed by atoms with Crippen molar-refractivity contribution in [3.05, 3.63) is 0 Å². The monoisotopic (exact) mass is 169 g/mol. The van der Waals surface area contributed by atoms with Crippen molar-refractivity contribution in [1.29, 1.82) is 0 Å². The summed E-state index contributed by atoms with van der Waals surface area (Å²) in [6.45, 7) is 5.91. The third-order valence-corrected chi connectivity index (χ3v) is 1.77. The van der Waals surface area contributed by atoms with E-state index >= 15 is 0 Å². The van der Waals surface area contributed by atoms with Gasteiger partial charge in [0.15, 0.2) is 0 Å². The molecule has 0 aliphatic heterocycles. The van der Waals surface area contributed by atoms with Crippen LogP contribution in [-0.2, 0) is 9.59 Å². The molecule has 0 aliphatic rings. The van der Waals surface area contributed by atoms with Crippen molar-refractivity contribution in [1.82, 2.24) is 0 Å². The van der Waals surface area contributed by atoms with Crippen LogP contribution in [0.3, 0.4) is 0 Å². The largest absolute Gasteiger partial charge is 0.300 e. The Morgan fingerprint density at radius 2 is 1.92 bits per heavy atom. The molecular formula is C10H17O2. The molecule has 2 heteroatoms. The molecular weight excluding hydrogens is 152 g/mol. The fourth-order valence-corrected chi connectivity index (χ4v) is 1.08. The van der Waals surface area contributed by atoms with Gasteiger partial charge in [-0.15, -0.1) is 0 Å². The summed E-state index contributed by atoms with van der Waals surface area (Å²) in [4.78, 5) is 21.5. The van der Waals surface area contributed by atoms with Gasteiger partial charge >= 0.3 is 0 Å². The average molecular weight is 169 g/mol. The van der Waals surface area contributed by atoms with Gasteiger partial charge in [-0.3, -0.25) is 9.59 Å². The fraction of sp³-hybridized carbons (Fsp3) is 0.800. The molecule has 0 aromatic carbocycles. The number of hydrogen-bond donors (Lipinski definition) is 0. The molecule has 0 fully saturated rings. The molecule has 0 aromatic rings. The lowest BCUT2D eigenvalue weighted by atomic mass is 9.96. The molecule has 0 rings (SSSR count). The Bertz CT molecular complexity index is 150. The van der Waals surface area contributed by atoms with Crippen LogP contribution in [0.15, 0.2) is 0 Å². The number of ketones is 1. The molecule has 12 heavy (non-hydrogen) atoms. The Morgan fingerprint density at radius 1 is 1.33 bits per heavy atom. The minimum atomic E-state index is -0.184. The molecule has 0 spiro atoms. The van der Waals surface area contributed by atoms with Gasteiger partial charge in [-0.25, -0.2) is 0 Å². The predicted molar refractivity (Wildman–Crippen MR) is 48.6 cm³/mol. The van der Waals surface area contributed by atoms with Crippen LogP contribution in [0.4, 0.5) is 0 Å². The number of Topliss-reactive ketones (excluding diaryl/α,β-unsaturated/α-hetero) is 1. The molecule has 0 heterocycles. The van der Waals surface area contributed by atoms with E-state index in [1.165, 1.54) is 0 Å². The van der Waals surface area contributed by atoms with E-state index in [2.05, 4.69) is 0 Å². The van der Waals surface area contributed by atoms with Gasteiger partial charge < -0.3 is 0 Å². The highest BCUT2D eigenvalue weighted by molar-refractivity contribution is 5.81. The van der Waals surface area contributed by atoms with Gasteiger partial charge in [-0.05, 0) is 12.3 Å². The summed E-state index contributed by atoms with van der Waals surface area (Å²) in [6.07, 6.45) is 3.56. The van der Waals surface area contributed by atoms with Crippen molar-refractivity contribution in [3.63, 3.8) is 0 Å². The first-order valence-electron chi connectivity index (χ1n) is 4.49. The standard InChI is InChI=1S/C10H17O2/c1-4-9(7-11)6-10(12)5-8(2)3/h8-9H,4-6H2,1-3H3. The van der Waals surface area contributed by atoms with E-state index in [1.54, 1.807) is 0 Å². The molecule has 0 aliphatic carbocycles. The van der Waals surface area contributed by atoms with Gasteiger partial charge in [0, 0.05) is 18.8 Å². The Morgan fingerprint density at radius 3 is 2.25 bits per heavy atom. The van der Waals surface area contributed by atoms with Gasteiger partial charge in [-0.1, -0.05) is 20.8 Å². The fourth-order valence-electron chi connectivity index (χ4n) is 1.08. The Kier molecular flexibility index (Phi) is 5.60. The van der Waals surface area contributed by atoms with E-state index in [0.29, 0.717) is 25.2 Å². The van der Waals surface area contributed by atoms with E-state index in [1.807, 2.05) is 27.1 Å². The second-order valence-corrected chi connectivity index (χ2v) is 3.56. The zero-order valence-electron chi connectivity index (χ0n) is 8.09. The van der Waals surface area contributed by atoms with E-state index in [0.717, 1.165) is 0 Å². The summed E-state index contributed by atoms with van der Waals surface area (Å²) in [5, 5.41) is 0. The van der Waals surface area contributed by atoms with Crippen LogP contribution in [0, 0.1) is 11.8 Å². The van der Waals surface area contributed by atoms with E-state index in [4.69, 9.17) is 0 Å². The summed E-state index contributed by atoms with van der Waals surface area (Å²) >= 11 is 0. The SMILES string of the molecule is CCC([C]=O)CC(=O)CC(C)C. The Balaban J connectivity index is 3.74. The maximum atomic E-state index is 11.2. The smallest absolute Gasteiger partial charge is 0.202 e. The van der Waals surface area contributed by atoms with Crippen LogP contribution < -0.4 is 0 Å². The maximum absolute atomic E-state index is 11.2. The third-order valence-electron chi connectivity index (χ3n) is 1.77. The molecule has 1 radical (unpaired) electrons. The highest BCUT2D eigenvalue weighted by Crippen LogP contribution is 2.10. The topological polar surface area (TPSA) is 34.1 Å². The molecule has 2 nitrogen and oxygen atoms in total. The minimum Gasteiger partial charge on any atom is -0.300 e. The summed E-state index contributed by atoms with van der Waals surface area (Å²) in [7, 11) is 0. The number of rotatable bonds is 6. The van der Waals surface area contributed by atoms with Gasteiger partial charge in [0.05, 0.1) is 0 Å². The Hall–Kier alpha value is -0.660. The van der Waals surface area contributed by atoms with Crippen LogP contribution in [-0.4, -0.2) is 12.1 Å². The highest BCUT2D eigenvalue weighted by atomic mass is 16.1. The van der Waals surface area contributed by atoms with E-state index in [-0.39, 0.29) is 11.7 Å². The minimum absolute atomic E-state index is 0.181. The number of hydrogen-bond acceptors (Lipinski definition) is 2. The Labute approximate surface area is 74.3 Å². The van der Waals surface area contributed by atoms with E-state index in [9.17, 15) is 9.59 Å². The lowest BCUT2D eigenvalue weighted by Gasteiger charge is -2.06. The second-order valence-electron chi connectivity index (χ2n) is 3.56. The van der Waals surface area contributed by atoms with Crippen LogP contribution in [0.1, 0.15) is 40.0 Å². The second kappa shape index (κ2) is 5.92. The molecule has 0 N–H and O–H groups in total.